The van der Waals surface area contributed by atoms with Crippen molar-refractivity contribution < 1.29 is 0 Å². The largest absolute Gasteiger partial charge is 0.361 e. The Kier molecular flexibility index (Phi) is 19.7. The van der Waals surface area contributed by atoms with Crippen LogP contribution in [0.4, 0.5) is 0 Å². The summed E-state index contributed by atoms with van der Waals surface area (Å²) < 4.78 is 0. The number of aromatic nitrogens is 1. The van der Waals surface area contributed by atoms with Gasteiger partial charge in [-0.1, -0.05) is 135 Å². The Balaban J connectivity index is 2.03. The van der Waals surface area contributed by atoms with Crippen molar-refractivity contribution in [2.75, 3.05) is 0 Å². The monoisotopic (exact) mass is 427 g/mol. The Morgan fingerprint density at radius 3 is 1.45 bits per heavy atom. The Hall–Kier alpha value is -1.24. The van der Waals surface area contributed by atoms with Crippen LogP contribution in [0.25, 0.3) is 12.2 Å². The molecule has 1 nitrogen and oxygen atoms in total. The second-order valence-electron chi connectivity index (χ2n) is 9.39. The second kappa shape index (κ2) is 22.0. The van der Waals surface area contributed by atoms with Crippen LogP contribution in [0.2, 0.25) is 0 Å². The molecule has 0 spiro atoms. The summed E-state index contributed by atoms with van der Waals surface area (Å²) in [7, 11) is 0. The van der Waals surface area contributed by atoms with Gasteiger partial charge in [-0.15, -0.1) is 0 Å². The smallest absolute Gasteiger partial charge is 0.0450 e. The highest BCUT2D eigenvalue weighted by Crippen LogP contribution is 2.15. The molecular weight excluding hydrogens is 374 g/mol. The molecule has 178 valence electrons. The molecule has 0 amide bonds. The van der Waals surface area contributed by atoms with E-state index < -0.39 is 0 Å². The Labute approximate surface area is 195 Å². The first-order valence-corrected chi connectivity index (χ1v) is 13.9. The lowest BCUT2D eigenvalue weighted by atomic mass is 10.1. The van der Waals surface area contributed by atoms with E-state index in [0.29, 0.717) is 0 Å². The van der Waals surface area contributed by atoms with Crippen molar-refractivity contribution in [3.63, 3.8) is 0 Å². The number of H-pyrrole nitrogens is 1. The molecule has 0 aliphatic rings. The maximum atomic E-state index is 3.39. The van der Waals surface area contributed by atoms with Gasteiger partial charge < -0.3 is 4.98 Å². The van der Waals surface area contributed by atoms with Gasteiger partial charge in [0.15, 0.2) is 0 Å². The molecule has 1 heterocycles. The van der Waals surface area contributed by atoms with E-state index >= 15 is 0 Å². The normalized spacial score (nSPS) is 11.9. The van der Waals surface area contributed by atoms with Crippen LogP contribution in [0.3, 0.4) is 0 Å². The molecule has 0 saturated heterocycles. The van der Waals surface area contributed by atoms with E-state index in [1.54, 1.807) is 0 Å². The Morgan fingerprint density at radius 1 is 0.548 bits per heavy atom. The molecule has 0 atom stereocenters. The molecule has 0 bridgehead atoms. The molecule has 0 saturated carbocycles. The van der Waals surface area contributed by atoms with Gasteiger partial charge in [0.25, 0.3) is 0 Å². The molecule has 1 N–H and O–H groups in total. The standard InChI is InChI=1S/C30H53N/c1-3-5-7-9-11-13-15-17-19-21-23-25-29-27-28-31-30(29)26-24-22-20-18-16-14-12-10-8-6-4-2/h23-28,31H,3-22H2,1-2H3. The number of aromatic amines is 1. The minimum atomic E-state index is 1.20. The van der Waals surface area contributed by atoms with Crippen LogP contribution in [-0.2, 0) is 0 Å². The van der Waals surface area contributed by atoms with Gasteiger partial charge in [0.1, 0.15) is 0 Å². The molecule has 0 radical (unpaired) electrons. The van der Waals surface area contributed by atoms with Crippen LogP contribution in [-0.4, -0.2) is 4.98 Å². The predicted molar refractivity (Wildman–Crippen MR) is 143 cm³/mol. The first kappa shape index (κ1) is 27.8. The summed E-state index contributed by atoms with van der Waals surface area (Å²) in [5.74, 6) is 0. The number of unbranched alkanes of at least 4 members (excludes halogenated alkanes) is 18. The zero-order valence-corrected chi connectivity index (χ0v) is 21.1. The lowest BCUT2D eigenvalue weighted by Gasteiger charge is -2.01. The van der Waals surface area contributed by atoms with Crippen LogP contribution in [0.5, 0.6) is 0 Å². The zero-order valence-electron chi connectivity index (χ0n) is 21.1. The average molecular weight is 428 g/mol. The zero-order chi connectivity index (χ0) is 22.2. The van der Waals surface area contributed by atoms with E-state index in [2.05, 4.69) is 55.4 Å². The van der Waals surface area contributed by atoms with Gasteiger partial charge in [-0.25, -0.2) is 0 Å². The molecule has 1 heteroatoms. The number of nitrogens with one attached hydrogen (secondary N) is 1. The Morgan fingerprint density at radius 2 is 0.968 bits per heavy atom. The number of rotatable bonds is 22. The van der Waals surface area contributed by atoms with Gasteiger partial charge in [0.2, 0.25) is 0 Å². The number of hydrogen-bond donors (Lipinski definition) is 1. The van der Waals surface area contributed by atoms with Gasteiger partial charge in [0, 0.05) is 11.9 Å². The average Bonchev–Trinajstić information content (AvgIpc) is 3.23. The van der Waals surface area contributed by atoms with Gasteiger partial charge in [-0.05, 0) is 43.4 Å². The van der Waals surface area contributed by atoms with Crippen LogP contribution in [0, 0.1) is 0 Å². The van der Waals surface area contributed by atoms with Crippen molar-refractivity contribution in [3.05, 3.63) is 35.7 Å². The van der Waals surface area contributed by atoms with Crippen molar-refractivity contribution >= 4 is 12.2 Å². The molecule has 0 fully saturated rings. The van der Waals surface area contributed by atoms with Crippen molar-refractivity contribution in [2.45, 2.75) is 142 Å². The van der Waals surface area contributed by atoms with E-state index in [0.717, 1.165) is 0 Å². The van der Waals surface area contributed by atoms with Gasteiger partial charge in [-0.3, -0.25) is 0 Å². The number of allylic oxidation sites excluding steroid dienone is 2. The predicted octanol–water partition coefficient (Wildman–Crippen LogP) is 10.9. The van der Waals surface area contributed by atoms with Crippen molar-refractivity contribution in [2.24, 2.45) is 0 Å². The van der Waals surface area contributed by atoms with Crippen LogP contribution < -0.4 is 0 Å². The summed E-state index contributed by atoms with van der Waals surface area (Å²) in [5, 5.41) is 0. The SMILES string of the molecule is CCCCCCCCCCCC=Cc1cc[nH]c1C=CCCCCCCCCCCC. The molecule has 0 aliphatic heterocycles. The molecule has 1 aromatic rings. The molecule has 0 aliphatic carbocycles. The first-order valence-electron chi connectivity index (χ1n) is 13.9. The highest BCUT2D eigenvalue weighted by atomic mass is 14.7. The molecule has 1 rings (SSSR count). The van der Waals surface area contributed by atoms with E-state index in [-0.39, 0.29) is 0 Å². The summed E-state index contributed by atoms with van der Waals surface area (Å²) in [6.45, 7) is 4.58. The van der Waals surface area contributed by atoms with Crippen LogP contribution >= 0.6 is 0 Å². The van der Waals surface area contributed by atoms with Crippen molar-refractivity contribution in [1.29, 1.82) is 0 Å². The number of hydrogen-bond acceptors (Lipinski definition) is 0. The lowest BCUT2D eigenvalue weighted by Crippen LogP contribution is -1.81. The summed E-state index contributed by atoms with van der Waals surface area (Å²) in [6, 6.07) is 2.20. The molecule has 31 heavy (non-hydrogen) atoms. The highest BCUT2D eigenvalue weighted by Gasteiger charge is 1.97. The molecular formula is C30H53N. The van der Waals surface area contributed by atoms with E-state index in [4.69, 9.17) is 0 Å². The summed E-state index contributed by atoms with van der Waals surface area (Å²) in [4.78, 5) is 3.39. The topological polar surface area (TPSA) is 15.8 Å². The highest BCUT2D eigenvalue weighted by molar-refractivity contribution is 5.62. The maximum Gasteiger partial charge on any atom is 0.0450 e. The fourth-order valence-corrected chi connectivity index (χ4v) is 4.24. The third-order valence-electron chi connectivity index (χ3n) is 6.34. The van der Waals surface area contributed by atoms with Crippen molar-refractivity contribution in [1.82, 2.24) is 4.98 Å². The van der Waals surface area contributed by atoms with E-state index in [1.807, 2.05) is 0 Å². The third kappa shape index (κ3) is 17.0. The van der Waals surface area contributed by atoms with Gasteiger partial charge >= 0.3 is 0 Å². The second-order valence-corrected chi connectivity index (χ2v) is 9.39. The fourth-order valence-electron chi connectivity index (χ4n) is 4.24. The minimum Gasteiger partial charge on any atom is -0.361 e. The summed E-state index contributed by atoms with van der Waals surface area (Å²) >= 11 is 0. The minimum absolute atomic E-state index is 1.20. The fraction of sp³-hybridized carbons (Fsp3) is 0.733. The van der Waals surface area contributed by atoms with E-state index in [9.17, 15) is 0 Å². The molecule has 0 aromatic carbocycles. The van der Waals surface area contributed by atoms with Crippen LogP contribution in [0.1, 0.15) is 154 Å². The quantitative estimate of drug-likeness (QED) is 0.177. The molecule has 0 unspecified atom stereocenters. The van der Waals surface area contributed by atoms with Crippen LogP contribution in [0.15, 0.2) is 24.4 Å². The van der Waals surface area contributed by atoms with E-state index in [1.165, 1.54) is 140 Å². The van der Waals surface area contributed by atoms with Gasteiger partial charge in [-0.2, -0.15) is 0 Å². The van der Waals surface area contributed by atoms with Gasteiger partial charge in [0.05, 0.1) is 0 Å². The Bertz CT molecular complexity index is 490. The molecule has 1 aromatic heterocycles. The summed E-state index contributed by atoms with van der Waals surface area (Å²) in [5.41, 5.74) is 2.60. The van der Waals surface area contributed by atoms with Crippen molar-refractivity contribution in [3.8, 4) is 0 Å². The first-order chi connectivity index (χ1) is 15.4. The third-order valence-corrected chi connectivity index (χ3v) is 6.34. The summed E-state index contributed by atoms with van der Waals surface area (Å²) in [6.07, 6.45) is 39.1. The maximum absolute atomic E-state index is 3.39. The lowest BCUT2D eigenvalue weighted by molar-refractivity contribution is 0.566.